The van der Waals surface area contributed by atoms with Crippen molar-refractivity contribution in [1.29, 1.82) is 0 Å². The molecular formula is C57H76N2O21. The van der Waals surface area contributed by atoms with Gasteiger partial charge in [0.1, 0.15) is 67.1 Å². The van der Waals surface area contributed by atoms with Crippen LogP contribution in [0.5, 0.6) is 0 Å². The number of aliphatic carboxylic acids is 1. The lowest BCUT2D eigenvalue weighted by Crippen LogP contribution is -2.70. The summed E-state index contributed by atoms with van der Waals surface area (Å²) in [6.07, 6.45) is -13.9. The number of amides is 2. The van der Waals surface area contributed by atoms with E-state index >= 15 is 0 Å². The maximum absolute atomic E-state index is 13.0. The van der Waals surface area contributed by atoms with Crippen molar-refractivity contribution in [1.82, 2.24) is 10.6 Å². The van der Waals surface area contributed by atoms with Gasteiger partial charge in [0.15, 0.2) is 12.6 Å². The lowest BCUT2D eigenvalue weighted by atomic mass is 9.88. The fourth-order valence-electron chi connectivity index (χ4n) is 8.67. The fraction of sp³-hybridized carbons (Fsp3) is 0.667. The number of carboxylic acids is 1. The minimum atomic E-state index is -3.11. The van der Waals surface area contributed by atoms with E-state index in [1.807, 2.05) is 0 Å². The first-order valence-electron chi connectivity index (χ1n) is 26.5. The molecule has 0 radical (unpaired) electrons. The number of aliphatic hydroxyl groups is 11. The Labute approximate surface area is 466 Å². The second kappa shape index (κ2) is 37.4. The third kappa shape index (κ3) is 22.4. The highest BCUT2D eigenvalue weighted by Crippen LogP contribution is 2.38. The molecular weight excluding hydrogens is 1060 g/mol. The molecule has 23 heteroatoms. The topological polar surface area (TPSA) is 373 Å². The van der Waals surface area contributed by atoms with Gasteiger partial charge in [0, 0.05) is 19.3 Å². The smallest absolute Gasteiger partial charge is 0.364 e. The molecule has 0 saturated carbocycles. The van der Waals surface area contributed by atoms with Gasteiger partial charge in [0.2, 0.25) is 5.91 Å². The summed E-state index contributed by atoms with van der Waals surface area (Å²) in [5, 5.41) is 134. The van der Waals surface area contributed by atoms with Crippen LogP contribution in [0.15, 0.2) is 12.2 Å². The molecule has 23 nitrogen and oxygen atoms in total. The van der Waals surface area contributed by atoms with Gasteiger partial charge in [-0.1, -0.05) is 89.2 Å². The summed E-state index contributed by atoms with van der Waals surface area (Å²) in [5.41, 5.74) is 0. The number of carbonyl (C=O) groups excluding carboxylic acids is 2. The van der Waals surface area contributed by atoms with E-state index in [9.17, 15) is 75.7 Å². The molecule has 14 unspecified atom stereocenters. The molecule has 0 aromatic rings. The van der Waals surface area contributed by atoms with E-state index in [-0.39, 0.29) is 0 Å². The lowest BCUT2D eigenvalue weighted by molar-refractivity contribution is -0.386. The Morgan fingerprint density at radius 3 is 1.79 bits per heavy atom. The van der Waals surface area contributed by atoms with Crippen LogP contribution in [0.3, 0.4) is 0 Å². The zero-order valence-corrected chi connectivity index (χ0v) is 45.0. The summed E-state index contributed by atoms with van der Waals surface area (Å²) in [6.45, 7) is 1.18. The Balaban J connectivity index is 1.78. The molecule has 440 valence electrons. The summed E-state index contributed by atoms with van der Waals surface area (Å²) >= 11 is 0. The molecule has 3 fully saturated rings. The lowest BCUT2D eigenvalue weighted by Gasteiger charge is -2.50. The summed E-state index contributed by atoms with van der Waals surface area (Å²) in [4.78, 5) is 37.9. The second-order valence-electron chi connectivity index (χ2n) is 19.0. The van der Waals surface area contributed by atoms with Crippen LogP contribution in [-0.2, 0) is 42.8 Å². The molecule has 80 heavy (non-hydrogen) atoms. The fourth-order valence-corrected chi connectivity index (χ4v) is 8.67. The predicted molar refractivity (Wildman–Crippen MR) is 282 cm³/mol. The Morgan fingerprint density at radius 2 is 1.25 bits per heavy atom. The van der Waals surface area contributed by atoms with Gasteiger partial charge in [-0.3, -0.25) is 9.59 Å². The van der Waals surface area contributed by atoms with Gasteiger partial charge >= 0.3 is 5.97 Å². The number of hydrogen-bond donors (Lipinski definition) is 14. The third-order valence-electron chi connectivity index (χ3n) is 12.9. The van der Waals surface area contributed by atoms with Crippen molar-refractivity contribution in [3.63, 3.8) is 0 Å². The number of nitrogens with one attached hydrogen (secondary N) is 2. The van der Waals surface area contributed by atoms with Crippen LogP contribution in [-0.4, -0.2) is 215 Å². The molecule has 0 aromatic carbocycles. The largest absolute Gasteiger partial charge is 0.477 e. The van der Waals surface area contributed by atoms with Gasteiger partial charge in [0.05, 0.1) is 50.7 Å². The zero-order chi connectivity index (χ0) is 59.0. The average Bonchev–Trinajstić information content (AvgIpc) is 3.47. The van der Waals surface area contributed by atoms with Gasteiger partial charge in [-0.2, -0.15) is 0 Å². The van der Waals surface area contributed by atoms with Crippen LogP contribution in [0.25, 0.3) is 0 Å². The maximum atomic E-state index is 13.0. The molecule has 3 aliphatic heterocycles. The van der Waals surface area contributed by atoms with Crippen molar-refractivity contribution in [2.45, 2.75) is 214 Å². The van der Waals surface area contributed by atoms with Crippen molar-refractivity contribution in [2.24, 2.45) is 0 Å². The number of aliphatic hydroxyl groups excluding tert-OH is 11. The van der Waals surface area contributed by atoms with E-state index in [0.717, 1.165) is 32.6 Å². The Kier molecular flexibility index (Phi) is 32.1. The summed E-state index contributed by atoms with van der Waals surface area (Å²) in [6, 6.07) is -2.86. The number of allylic oxidation sites excluding steroid dienone is 1. The highest BCUT2D eigenvalue weighted by Gasteiger charge is 2.60. The first kappa shape index (κ1) is 68.7. The van der Waals surface area contributed by atoms with Gasteiger partial charge in [-0.05, 0) is 90.8 Å². The van der Waals surface area contributed by atoms with E-state index in [4.69, 9.17) is 28.4 Å². The summed E-state index contributed by atoms with van der Waals surface area (Å²) in [5.74, 6) is 27.4. The van der Waals surface area contributed by atoms with Crippen LogP contribution >= 0.6 is 0 Å². The van der Waals surface area contributed by atoms with Gasteiger partial charge in [-0.25, -0.2) is 4.79 Å². The molecule has 3 heterocycles. The molecule has 18 atom stereocenters. The quantitative estimate of drug-likeness (QED) is 0.0153. The Hall–Kier alpha value is -5.61. The van der Waals surface area contributed by atoms with Gasteiger partial charge < -0.3 is 100 Å². The molecule has 2 amide bonds. The number of carbonyl (C=O) groups is 3. The van der Waals surface area contributed by atoms with E-state index in [1.54, 1.807) is 13.0 Å². The van der Waals surface area contributed by atoms with E-state index in [0.29, 0.717) is 6.42 Å². The summed E-state index contributed by atoms with van der Waals surface area (Å²) < 4.78 is 34.3. The van der Waals surface area contributed by atoms with E-state index in [2.05, 4.69) is 100 Å². The molecule has 0 aliphatic carbocycles. The summed E-state index contributed by atoms with van der Waals surface area (Å²) in [7, 11) is 0. The Bertz CT molecular complexity index is 2450. The highest BCUT2D eigenvalue weighted by atomic mass is 16.8. The SMILES string of the molecule is CCCCCCCCCCCCC/C=C/[C@@H](O)[C@H](COC1OC(CO)C(OC2OC(CO)C(O)C(OC3(C(=O)O)CC(O)C(NC(C)=O)C([C@H](O)[C@H](O)CO)O3)C2O)C(O)C1O)N[13C](=O)[13C]#[13C][13C]#[13C][13C]#[13C][13C]#[13C][13C]#[13C][13C]#[13C][13C]#[13C][13CH3]. The number of carboxylic acid groups (broad SMARTS) is 1. The van der Waals surface area contributed by atoms with E-state index < -0.39 is 160 Å². The molecule has 0 bridgehead atoms. The monoisotopic (exact) mass is 1140 g/mol. The van der Waals surface area contributed by atoms with Crippen LogP contribution in [0.2, 0.25) is 0 Å². The Morgan fingerprint density at radius 1 is 0.700 bits per heavy atom. The van der Waals surface area contributed by atoms with Crippen LogP contribution in [0.4, 0.5) is 0 Å². The average molecular weight is 1140 g/mol. The minimum Gasteiger partial charge on any atom is -0.477 e. The van der Waals surface area contributed by atoms with Crippen LogP contribution in [0.1, 0.15) is 104 Å². The normalized spacial score (nSPS) is 29.3. The van der Waals surface area contributed by atoms with Crippen LogP contribution in [0, 0.1) is 82.9 Å². The number of rotatable bonds is 29. The second-order valence-corrected chi connectivity index (χ2v) is 19.0. The number of unbranched alkanes of at least 4 members (excludes halogenated alkanes) is 11. The third-order valence-corrected chi connectivity index (χ3v) is 12.9. The molecule has 0 aromatic heterocycles. The maximum Gasteiger partial charge on any atom is 0.364 e. The standard InChI is InChI=1S/C57H76N2O21/c1-4-6-8-10-12-14-16-18-20-22-24-26-28-30-39(64)38(59-44(67)31-29-27-25-23-21-19-17-15-13-11-9-7-5-2)36-75-54-49(71)48(70)51(43(35-62)77-54)78-55-50(72)53(47(69)42(34-61)76-55)80-57(56(73)74)32-40(65)45(58-37(3)63)52(79-57)46(68)41(66)33-60/h28,30,38-43,45-55,60-62,64-66,68-72H,4,6,8,10,12,14,16,18,20,22,24,26,32-36H2,1-3H3,(H,58,63)(H,59,67)(H,73,74)/b30-28+/t38-,39+,40?,41+,42?,43?,45?,46+,47?,48?,49?,50?,51?,52?,53?,54?,55?,57?/m0/s1/i2+1,5+1,7+1,9+1,11+1,13+1,15+1,17+1,19+1,21+1,23+1,25+1,27+1,29+1,31+1,44+1. The van der Waals surface area contributed by atoms with Crippen molar-refractivity contribution >= 4 is 17.8 Å². The van der Waals surface area contributed by atoms with Crippen molar-refractivity contribution in [3.05, 3.63) is 12.2 Å². The number of ether oxygens (including phenoxy) is 6. The highest BCUT2D eigenvalue weighted by molar-refractivity contribution is 5.94. The van der Waals surface area contributed by atoms with Crippen molar-refractivity contribution in [3.8, 4) is 82.9 Å². The van der Waals surface area contributed by atoms with Crippen molar-refractivity contribution < 1.29 is 104 Å². The van der Waals surface area contributed by atoms with Gasteiger partial charge in [0.25, 0.3) is 11.7 Å². The van der Waals surface area contributed by atoms with Crippen LogP contribution < -0.4 is 10.6 Å². The number of hydrogen-bond acceptors (Lipinski definition) is 20. The van der Waals surface area contributed by atoms with Crippen molar-refractivity contribution in [2.75, 3.05) is 26.4 Å². The van der Waals surface area contributed by atoms with Gasteiger partial charge in [-0.15, -0.1) is 0 Å². The molecule has 14 N–H and O–H groups in total. The molecule has 3 rings (SSSR count). The first-order chi connectivity index (χ1) is 38.4. The molecule has 3 aliphatic rings. The molecule has 3 saturated heterocycles. The molecule has 0 spiro atoms. The zero-order valence-electron chi connectivity index (χ0n) is 45.0. The first-order valence-corrected chi connectivity index (χ1v) is 26.5. The van der Waals surface area contributed by atoms with E-state index in [1.165, 1.54) is 51.0 Å². The minimum absolute atomic E-state index is 0.587. The predicted octanol–water partition coefficient (Wildman–Crippen LogP) is -3.05.